The smallest absolute Gasteiger partial charge is 0.341 e. The van der Waals surface area contributed by atoms with Crippen molar-refractivity contribution in [2.24, 2.45) is 0 Å². The Morgan fingerprint density at radius 1 is 1.48 bits per heavy atom. The van der Waals surface area contributed by atoms with Gasteiger partial charge in [-0.3, -0.25) is 4.72 Å². The number of sulfonamides is 1. The summed E-state index contributed by atoms with van der Waals surface area (Å²) in [5.74, 6) is -0.537. The van der Waals surface area contributed by atoms with Gasteiger partial charge in [0.15, 0.2) is 4.21 Å². The van der Waals surface area contributed by atoms with Crippen LogP contribution in [0.5, 0.6) is 0 Å². The van der Waals surface area contributed by atoms with Gasteiger partial charge in [-0.25, -0.2) is 13.2 Å². The molecule has 0 saturated heterocycles. The lowest BCUT2D eigenvalue weighted by Gasteiger charge is -2.07. The number of hydrogen-bond donors (Lipinski definition) is 1. The molecule has 0 unspecified atom stereocenters. The highest BCUT2D eigenvalue weighted by Crippen LogP contribution is 2.33. The average molecular weight is 410 g/mol. The van der Waals surface area contributed by atoms with Crippen LogP contribution in [0.2, 0.25) is 0 Å². The van der Waals surface area contributed by atoms with Gasteiger partial charge in [0.25, 0.3) is 10.0 Å². The van der Waals surface area contributed by atoms with E-state index >= 15 is 0 Å². The summed E-state index contributed by atoms with van der Waals surface area (Å²) in [7, 11) is -3.73. The summed E-state index contributed by atoms with van der Waals surface area (Å²) in [4.78, 5) is 12.7. The van der Waals surface area contributed by atoms with Crippen LogP contribution >= 0.6 is 38.6 Å². The molecule has 0 spiro atoms. The SMILES string of the molecule is CCOC(=O)c1cc(C)sc1NS(=O)(=O)c1sccc1Br. The second-order valence-corrected chi connectivity index (χ2v) is 8.89. The first-order valence-electron chi connectivity index (χ1n) is 5.88. The number of ether oxygens (including phenoxy) is 1. The standard InChI is InChI=1S/C12H12BrNO4S3/c1-3-18-11(15)8-6-7(2)20-10(8)14-21(16,17)12-9(13)4-5-19-12/h4-6,14H,3H2,1-2H3. The minimum absolute atomic E-state index is 0.170. The van der Waals surface area contributed by atoms with Gasteiger partial charge >= 0.3 is 5.97 Å². The zero-order valence-electron chi connectivity index (χ0n) is 11.2. The van der Waals surface area contributed by atoms with E-state index in [4.69, 9.17) is 4.74 Å². The molecule has 0 aliphatic rings. The van der Waals surface area contributed by atoms with Gasteiger partial charge in [-0.05, 0) is 47.3 Å². The van der Waals surface area contributed by atoms with Crippen molar-refractivity contribution >= 4 is 59.6 Å². The lowest BCUT2D eigenvalue weighted by Crippen LogP contribution is -2.14. The van der Waals surface area contributed by atoms with Crippen LogP contribution in [0.15, 0.2) is 26.2 Å². The van der Waals surface area contributed by atoms with Gasteiger partial charge in [0, 0.05) is 9.35 Å². The molecule has 0 saturated carbocycles. The zero-order chi connectivity index (χ0) is 15.6. The number of esters is 1. The second-order valence-electron chi connectivity index (χ2n) is 3.98. The minimum Gasteiger partial charge on any atom is -0.462 e. The molecular formula is C12H12BrNO4S3. The monoisotopic (exact) mass is 409 g/mol. The van der Waals surface area contributed by atoms with E-state index in [1.807, 2.05) is 0 Å². The first-order valence-corrected chi connectivity index (χ1v) is 9.85. The van der Waals surface area contributed by atoms with Crippen molar-refractivity contribution in [2.75, 3.05) is 11.3 Å². The normalized spacial score (nSPS) is 11.4. The summed E-state index contributed by atoms with van der Waals surface area (Å²) >= 11 is 5.49. The van der Waals surface area contributed by atoms with Crippen LogP contribution in [0.4, 0.5) is 5.00 Å². The first-order chi connectivity index (χ1) is 9.85. The molecule has 21 heavy (non-hydrogen) atoms. The summed E-state index contributed by atoms with van der Waals surface area (Å²) < 4.78 is 32.8. The number of carbonyl (C=O) groups is 1. The topological polar surface area (TPSA) is 72.5 Å². The molecule has 0 radical (unpaired) electrons. The van der Waals surface area contributed by atoms with Gasteiger partial charge in [-0.2, -0.15) is 0 Å². The third-order valence-electron chi connectivity index (χ3n) is 2.41. The highest BCUT2D eigenvalue weighted by Gasteiger charge is 2.24. The Labute approximate surface area is 139 Å². The maximum Gasteiger partial charge on any atom is 0.341 e. The Hall–Kier alpha value is -0.900. The fraction of sp³-hybridized carbons (Fsp3) is 0.250. The van der Waals surface area contributed by atoms with Crippen molar-refractivity contribution in [3.8, 4) is 0 Å². The third-order valence-corrected chi connectivity index (χ3v) is 7.52. The summed E-state index contributed by atoms with van der Waals surface area (Å²) in [6.07, 6.45) is 0. The number of carbonyl (C=O) groups excluding carboxylic acids is 1. The quantitative estimate of drug-likeness (QED) is 0.760. The van der Waals surface area contributed by atoms with Gasteiger partial charge in [-0.1, -0.05) is 0 Å². The fourth-order valence-corrected chi connectivity index (χ4v) is 6.14. The summed E-state index contributed by atoms with van der Waals surface area (Å²) in [6.45, 7) is 3.73. The van der Waals surface area contributed by atoms with Crippen LogP contribution in [0.25, 0.3) is 0 Å². The molecule has 0 amide bonds. The molecule has 0 bridgehead atoms. The first kappa shape index (κ1) is 16.5. The van der Waals surface area contributed by atoms with Gasteiger partial charge in [0.05, 0.1) is 12.2 Å². The molecule has 0 aliphatic carbocycles. The number of rotatable bonds is 5. The minimum atomic E-state index is -3.73. The fourth-order valence-electron chi connectivity index (χ4n) is 1.59. The molecule has 0 atom stereocenters. The van der Waals surface area contributed by atoms with E-state index in [1.165, 1.54) is 11.3 Å². The molecule has 1 N–H and O–H groups in total. The Bertz CT molecular complexity index is 763. The van der Waals surface area contributed by atoms with Crippen LogP contribution < -0.4 is 4.72 Å². The van der Waals surface area contributed by atoms with Gasteiger partial charge in [-0.15, -0.1) is 22.7 Å². The summed E-state index contributed by atoms with van der Waals surface area (Å²) in [5.41, 5.74) is 0.232. The number of anilines is 1. The number of halogens is 1. The van der Waals surface area contributed by atoms with Crippen LogP contribution in [-0.4, -0.2) is 21.0 Å². The van der Waals surface area contributed by atoms with E-state index in [0.29, 0.717) is 4.47 Å². The van der Waals surface area contributed by atoms with Crippen LogP contribution in [0, 0.1) is 6.92 Å². The van der Waals surface area contributed by atoms with Crippen LogP contribution in [0.1, 0.15) is 22.2 Å². The van der Waals surface area contributed by atoms with E-state index in [2.05, 4.69) is 20.7 Å². The van der Waals surface area contributed by atoms with Crippen LogP contribution in [0.3, 0.4) is 0 Å². The summed E-state index contributed by atoms with van der Waals surface area (Å²) in [6, 6.07) is 3.27. The van der Waals surface area contributed by atoms with E-state index in [1.54, 1.807) is 31.4 Å². The summed E-state index contributed by atoms with van der Waals surface area (Å²) in [5, 5.41) is 1.94. The molecule has 5 nitrogen and oxygen atoms in total. The number of aryl methyl sites for hydroxylation is 1. The number of thiophene rings is 2. The van der Waals surface area contributed by atoms with Crippen molar-refractivity contribution in [3.63, 3.8) is 0 Å². The van der Waals surface area contributed by atoms with E-state index in [9.17, 15) is 13.2 Å². The predicted molar refractivity (Wildman–Crippen MR) is 87.8 cm³/mol. The predicted octanol–water partition coefficient (Wildman–Crippen LogP) is 3.86. The van der Waals surface area contributed by atoms with Crippen molar-refractivity contribution in [1.29, 1.82) is 0 Å². The third kappa shape index (κ3) is 3.65. The van der Waals surface area contributed by atoms with E-state index in [0.717, 1.165) is 16.2 Å². The highest BCUT2D eigenvalue weighted by molar-refractivity contribution is 9.10. The van der Waals surface area contributed by atoms with Crippen molar-refractivity contribution in [1.82, 2.24) is 0 Å². The van der Waals surface area contributed by atoms with E-state index < -0.39 is 16.0 Å². The molecule has 0 aliphatic heterocycles. The van der Waals surface area contributed by atoms with Crippen molar-refractivity contribution in [3.05, 3.63) is 32.4 Å². The van der Waals surface area contributed by atoms with Gasteiger partial charge < -0.3 is 4.74 Å². The Morgan fingerprint density at radius 3 is 2.76 bits per heavy atom. The van der Waals surface area contributed by atoms with Gasteiger partial charge in [0.2, 0.25) is 0 Å². The Kier molecular flexibility index (Phi) is 5.07. The van der Waals surface area contributed by atoms with Crippen molar-refractivity contribution in [2.45, 2.75) is 18.1 Å². The largest absolute Gasteiger partial charge is 0.462 e. The number of hydrogen-bond acceptors (Lipinski definition) is 6. The molecule has 114 valence electrons. The molecule has 2 rings (SSSR count). The molecule has 2 aromatic rings. The average Bonchev–Trinajstić information content (AvgIpc) is 2.96. The molecule has 0 aromatic carbocycles. The maximum absolute atomic E-state index is 12.3. The lowest BCUT2D eigenvalue weighted by molar-refractivity contribution is 0.0528. The highest BCUT2D eigenvalue weighted by atomic mass is 79.9. The van der Waals surface area contributed by atoms with Crippen molar-refractivity contribution < 1.29 is 17.9 Å². The molecule has 0 fully saturated rings. The molecular weight excluding hydrogens is 398 g/mol. The number of nitrogens with one attached hydrogen (secondary N) is 1. The Balaban J connectivity index is 2.36. The Morgan fingerprint density at radius 2 is 2.19 bits per heavy atom. The molecule has 9 heteroatoms. The van der Waals surface area contributed by atoms with Crippen LogP contribution in [-0.2, 0) is 14.8 Å². The van der Waals surface area contributed by atoms with E-state index in [-0.39, 0.29) is 21.4 Å². The molecule has 2 heterocycles. The lowest BCUT2D eigenvalue weighted by atomic mass is 10.3. The van der Waals surface area contributed by atoms with Gasteiger partial charge in [0.1, 0.15) is 5.00 Å². The maximum atomic E-state index is 12.3. The second kappa shape index (κ2) is 6.47. The molecule has 2 aromatic heterocycles. The zero-order valence-corrected chi connectivity index (χ0v) is 15.2.